The topological polar surface area (TPSA) is 50.2 Å². The van der Waals surface area contributed by atoms with Gasteiger partial charge in [-0.3, -0.25) is 4.79 Å². The van der Waals surface area contributed by atoms with Gasteiger partial charge in [0.25, 0.3) is 0 Å². The van der Waals surface area contributed by atoms with E-state index in [0.29, 0.717) is 13.0 Å². The van der Waals surface area contributed by atoms with E-state index < -0.39 is 0 Å². The van der Waals surface area contributed by atoms with Crippen molar-refractivity contribution in [2.24, 2.45) is 0 Å². The van der Waals surface area contributed by atoms with Gasteiger partial charge >= 0.3 is 0 Å². The van der Waals surface area contributed by atoms with Crippen molar-refractivity contribution in [3.05, 3.63) is 59.9 Å². The summed E-state index contributed by atoms with van der Waals surface area (Å²) in [4.78, 5) is 19.0. The monoisotopic (exact) mass is 368 g/mol. The van der Waals surface area contributed by atoms with Crippen molar-refractivity contribution in [1.29, 1.82) is 0 Å². The molecule has 0 spiro atoms. The van der Waals surface area contributed by atoms with E-state index in [2.05, 4.69) is 21.3 Å². The molecule has 1 fully saturated rings. The summed E-state index contributed by atoms with van der Waals surface area (Å²) in [6.07, 6.45) is 3.20. The summed E-state index contributed by atoms with van der Waals surface area (Å²) in [5.41, 5.74) is 3.13. The maximum Gasteiger partial charge on any atom is 0.222 e. The molecular formula is C20H21ClN4O. The molecule has 1 amide bonds. The third-order valence-corrected chi connectivity index (χ3v) is 5.07. The van der Waals surface area contributed by atoms with E-state index in [4.69, 9.17) is 11.6 Å². The van der Waals surface area contributed by atoms with E-state index in [1.54, 1.807) is 6.33 Å². The van der Waals surface area contributed by atoms with Crippen LogP contribution in [-0.2, 0) is 11.3 Å². The van der Waals surface area contributed by atoms with Crippen molar-refractivity contribution in [2.75, 3.05) is 18.0 Å². The molecular weight excluding hydrogens is 348 g/mol. The molecule has 2 aromatic carbocycles. The van der Waals surface area contributed by atoms with Crippen molar-refractivity contribution >= 4 is 34.2 Å². The number of anilines is 1. The number of aryl methyl sites for hydroxylation is 1. The fraction of sp³-hybridized carbons (Fsp3) is 0.300. The molecule has 5 nitrogen and oxygen atoms in total. The van der Waals surface area contributed by atoms with E-state index in [9.17, 15) is 4.79 Å². The summed E-state index contributed by atoms with van der Waals surface area (Å²) in [7, 11) is 0. The molecule has 1 N–H and O–H groups in total. The van der Waals surface area contributed by atoms with Gasteiger partial charge in [-0.05, 0) is 36.8 Å². The predicted molar refractivity (Wildman–Crippen MR) is 105 cm³/mol. The van der Waals surface area contributed by atoms with Gasteiger partial charge in [-0.25, -0.2) is 4.98 Å². The highest BCUT2D eigenvalue weighted by Crippen LogP contribution is 2.23. The molecule has 2 heterocycles. The average molecular weight is 369 g/mol. The van der Waals surface area contributed by atoms with Gasteiger partial charge < -0.3 is 14.8 Å². The van der Waals surface area contributed by atoms with Crippen molar-refractivity contribution < 1.29 is 4.79 Å². The van der Waals surface area contributed by atoms with Crippen molar-refractivity contribution in [2.45, 2.75) is 25.4 Å². The smallest absolute Gasteiger partial charge is 0.222 e. The Hall–Kier alpha value is -2.53. The molecule has 1 aliphatic rings. The summed E-state index contributed by atoms with van der Waals surface area (Å²) in [6, 6.07) is 16.0. The molecule has 1 aliphatic heterocycles. The van der Waals surface area contributed by atoms with Gasteiger partial charge in [-0.15, -0.1) is 0 Å². The average Bonchev–Trinajstić information content (AvgIpc) is 3.27. The molecule has 3 aromatic rings. The van der Waals surface area contributed by atoms with Crippen LogP contribution in [0.1, 0.15) is 12.8 Å². The quantitative estimate of drug-likeness (QED) is 0.750. The van der Waals surface area contributed by atoms with Crippen LogP contribution < -0.4 is 10.2 Å². The molecule has 1 unspecified atom stereocenters. The summed E-state index contributed by atoms with van der Waals surface area (Å²) >= 11 is 6.07. The number of aromatic nitrogens is 2. The second kappa shape index (κ2) is 7.38. The largest absolute Gasteiger partial charge is 0.369 e. The van der Waals surface area contributed by atoms with E-state index in [1.807, 2.05) is 47.0 Å². The first-order valence-corrected chi connectivity index (χ1v) is 9.26. The normalized spacial score (nSPS) is 17.0. The summed E-state index contributed by atoms with van der Waals surface area (Å²) in [6.45, 7) is 2.38. The third kappa shape index (κ3) is 3.68. The zero-order chi connectivity index (χ0) is 17.9. The number of rotatable bonds is 5. The maximum atomic E-state index is 12.3. The zero-order valence-electron chi connectivity index (χ0n) is 14.4. The maximum absolute atomic E-state index is 12.3. The van der Waals surface area contributed by atoms with E-state index in [-0.39, 0.29) is 11.9 Å². The molecule has 1 saturated heterocycles. The lowest BCUT2D eigenvalue weighted by Crippen LogP contribution is -2.37. The number of imidazole rings is 1. The summed E-state index contributed by atoms with van der Waals surface area (Å²) in [5.74, 6) is 0.0840. The number of carbonyl (C=O) groups excluding carboxylic acids is 1. The van der Waals surface area contributed by atoms with E-state index in [0.717, 1.165) is 41.3 Å². The standard InChI is InChI=1S/C20H21ClN4O/c21-15-4-3-5-17(12-15)24-10-8-16(13-24)23-20(26)9-11-25-14-22-18-6-1-2-7-19(18)25/h1-7,12,14,16H,8-11,13H2,(H,23,26). The predicted octanol–water partition coefficient (Wildman–Crippen LogP) is 3.47. The third-order valence-electron chi connectivity index (χ3n) is 4.83. The highest BCUT2D eigenvalue weighted by molar-refractivity contribution is 6.30. The van der Waals surface area contributed by atoms with Gasteiger partial charge in [0.05, 0.1) is 17.4 Å². The first kappa shape index (κ1) is 16.9. The molecule has 0 aliphatic carbocycles. The van der Waals surface area contributed by atoms with Crippen LogP contribution in [0.4, 0.5) is 5.69 Å². The number of amides is 1. The number of nitrogens with zero attached hydrogens (tertiary/aromatic N) is 3. The SMILES string of the molecule is O=C(CCn1cnc2ccccc21)NC1CCN(c2cccc(Cl)c2)C1. The minimum atomic E-state index is 0.0840. The van der Waals surface area contributed by atoms with Crippen molar-refractivity contribution in [1.82, 2.24) is 14.9 Å². The zero-order valence-corrected chi connectivity index (χ0v) is 15.2. The molecule has 1 atom stereocenters. The number of hydrogen-bond donors (Lipinski definition) is 1. The van der Waals surface area contributed by atoms with Crippen molar-refractivity contribution in [3.63, 3.8) is 0 Å². The Bertz CT molecular complexity index is 923. The molecule has 6 heteroatoms. The van der Waals surface area contributed by atoms with Crippen LogP contribution in [-0.4, -0.2) is 34.6 Å². The molecule has 0 saturated carbocycles. The molecule has 1 aromatic heterocycles. The van der Waals surface area contributed by atoms with Crippen LogP contribution in [0.2, 0.25) is 5.02 Å². The lowest BCUT2D eigenvalue weighted by Gasteiger charge is -2.19. The number of nitrogens with one attached hydrogen (secondary N) is 1. The summed E-state index contributed by atoms with van der Waals surface area (Å²) < 4.78 is 2.03. The fourth-order valence-electron chi connectivity index (χ4n) is 3.50. The van der Waals surface area contributed by atoms with Gasteiger partial charge in [-0.1, -0.05) is 29.8 Å². The summed E-state index contributed by atoms with van der Waals surface area (Å²) in [5, 5.41) is 3.89. The lowest BCUT2D eigenvalue weighted by atomic mass is 10.2. The van der Waals surface area contributed by atoms with Gasteiger partial charge in [-0.2, -0.15) is 0 Å². The van der Waals surface area contributed by atoms with Crippen LogP contribution in [0, 0.1) is 0 Å². The number of halogens is 1. The first-order valence-electron chi connectivity index (χ1n) is 8.89. The molecule has 0 radical (unpaired) electrons. The minimum absolute atomic E-state index is 0.0840. The number of fused-ring (bicyclic) bond motifs is 1. The molecule has 26 heavy (non-hydrogen) atoms. The van der Waals surface area contributed by atoms with Crippen LogP contribution in [0.5, 0.6) is 0 Å². The Balaban J connectivity index is 1.30. The van der Waals surface area contributed by atoms with Crippen LogP contribution >= 0.6 is 11.6 Å². The second-order valence-electron chi connectivity index (χ2n) is 6.66. The molecule has 4 rings (SSSR count). The Kier molecular flexibility index (Phi) is 4.80. The van der Waals surface area contributed by atoms with Gasteiger partial charge in [0, 0.05) is 42.8 Å². The van der Waals surface area contributed by atoms with Gasteiger partial charge in [0.1, 0.15) is 0 Å². The minimum Gasteiger partial charge on any atom is -0.369 e. The van der Waals surface area contributed by atoms with E-state index >= 15 is 0 Å². The highest BCUT2D eigenvalue weighted by atomic mass is 35.5. The van der Waals surface area contributed by atoms with Crippen LogP contribution in [0.3, 0.4) is 0 Å². The molecule has 0 bridgehead atoms. The molecule has 134 valence electrons. The lowest BCUT2D eigenvalue weighted by molar-refractivity contribution is -0.121. The second-order valence-corrected chi connectivity index (χ2v) is 7.09. The fourth-order valence-corrected chi connectivity index (χ4v) is 3.68. The highest BCUT2D eigenvalue weighted by Gasteiger charge is 2.24. The Morgan fingerprint density at radius 3 is 3.00 bits per heavy atom. The van der Waals surface area contributed by atoms with Crippen LogP contribution in [0.15, 0.2) is 54.9 Å². The Morgan fingerprint density at radius 2 is 2.12 bits per heavy atom. The van der Waals surface area contributed by atoms with Crippen LogP contribution in [0.25, 0.3) is 11.0 Å². The van der Waals surface area contributed by atoms with E-state index in [1.165, 1.54) is 0 Å². The first-order chi connectivity index (χ1) is 12.7. The van der Waals surface area contributed by atoms with Gasteiger partial charge in [0.2, 0.25) is 5.91 Å². The Morgan fingerprint density at radius 1 is 1.23 bits per heavy atom. The number of carbonyl (C=O) groups is 1. The Labute approximate surface area is 157 Å². The van der Waals surface area contributed by atoms with Gasteiger partial charge in [0.15, 0.2) is 0 Å². The van der Waals surface area contributed by atoms with Crippen molar-refractivity contribution in [3.8, 4) is 0 Å². The number of hydrogen-bond acceptors (Lipinski definition) is 3. The number of benzene rings is 2. The number of para-hydroxylation sites is 2.